The van der Waals surface area contributed by atoms with Crippen LogP contribution in [0.25, 0.3) is 0 Å². The Morgan fingerprint density at radius 3 is 2.95 bits per heavy atom. The number of anilines is 1. The molecule has 5 heteroatoms. The lowest BCUT2D eigenvalue weighted by atomic mass is 10.0. The van der Waals surface area contributed by atoms with Crippen molar-refractivity contribution in [2.24, 2.45) is 10.3 Å². The lowest BCUT2D eigenvalue weighted by molar-refractivity contribution is 0.494. The van der Waals surface area contributed by atoms with Gasteiger partial charge in [-0.05, 0) is 25.3 Å². The van der Waals surface area contributed by atoms with Crippen molar-refractivity contribution < 1.29 is 0 Å². The number of nitrogens with one attached hydrogen (secondary N) is 2. The predicted molar refractivity (Wildman–Crippen MR) is 82.4 cm³/mol. The molecule has 0 saturated carbocycles. The quantitative estimate of drug-likeness (QED) is 0.807. The van der Waals surface area contributed by atoms with Crippen LogP contribution in [0.2, 0.25) is 0 Å². The average molecular weight is 278 g/mol. The van der Waals surface area contributed by atoms with Crippen LogP contribution in [-0.2, 0) is 0 Å². The van der Waals surface area contributed by atoms with Gasteiger partial charge in [0.2, 0.25) is 5.96 Å². The van der Waals surface area contributed by atoms with Crippen molar-refractivity contribution in [1.29, 1.82) is 0 Å². The molecule has 2 N–H and O–H groups in total. The predicted octanol–water partition coefficient (Wildman–Crippen LogP) is 3.67. The SMILES string of the molecule is CC(C)CCCC(C)NC1=NSc2cnccc2N1. The van der Waals surface area contributed by atoms with E-state index < -0.39 is 0 Å². The van der Waals surface area contributed by atoms with Crippen molar-refractivity contribution in [2.75, 3.05) is 5.32 Å². The Balaban J connectivity index is 1.80. The fourth-order valence-electron chi connectivity index (χ4n) is 2.00. The molecular weight excluding hydrogens is 256 g/mol. The van der Waals surface area contributed by atoms with Crippen LogP contribution in [0, 0.1) is 5.92 Å². The third-order valence-electron chi connectivity index (χ3n) is 3.07. The van der Waals surface area contributed by atoms with Gasteiger partial charge in [-0.1, -0.05) is 26.7 Å². The Morgan fingerprint density at radius 2 is 2.16 bits per heavy atom. The second-order valence-corrected chi connectivity index (χ2v) is 6.20. The smallest absolute Gasteiger partial charge is 0.208 e. The first-order chi connectivity index (χ1) is 9.15. The van der Waals surface area contributed by atoms with Crippen molar-refractivity contribution in [3.63, 3.8) is 0 Å². The van der Waals surface area contributed by atoms with E-state index in [0.29, 0.717) is 6.04 Å². The zero-order valence-corrected chi connectivity index (χ0v) is 12.6. The molecule has 2 rings (SSSR count). The number of hydrogen-bond acceptors (Lipinski definition) is 5. The topological polar surface area (TPSA) is 49.3 Å². The second kappa shape index (κ2) is 6.80. The zero-order valence-electron chi connectivity index (χ0n) is 11.8. The Bertz CT molecular complexity index is 445. The summed E-state index contributed by atoms with van der Waals surface area (Å²) in [5.41, 5.74) is 1.08. The van der Waals surface area contributed by atoms with E-state index in [9.17, 15) is 0 Å². The molecule has 1 aliphatic heterocycles. The van der Waals surface area contributed by atoms with E-state index in [-0.39, 0.29) is 0 Å². The van der Waals surface area contributed by atoms with Gasteiger partial charge in [0.25, 0.3) is 0 Å². The molecule has 104 valence electrons. The largest absolute Gasteiger partial charge is 0.353 e. The normalized spacial score (nSPS) is 15.5. The van der Waals surface area contributed by atoms with Gasteiger partial charge >= 0.3 is 0 Å². The summed E-state index contributed by atoms with van der Waals surface area (Å²) in [7, 11) is 0. The fraction of sp³-hybridized carbons (Fsp3) is 0.571. The summed E-state index contributed by atoms with van der Waals surface area (Å²) in [6.45, 7) is 6.75. The molecular formula is C14H22N4S. The summed E-state index contributed by atoms with van der Waals surface area (Å²) >= 11 is 1.47. The number of aromatic nitrogens is 1. The van der Waals surface area contributed by atoms with E-state index in [1.807, 2.05) is 12.3 Å². The highest BCUT2D eigenvalue weighted by atomic mass is 32.2. The van der Waals surface area contributed by atoms with E-state index in [4.69, 9.17) is 0 Å². The number of pyridine rings is 1. The number of rotatable bonds is 5. The molecule has 0 aliphatic carbocycles. The van der Waals surface area contributed by atoms with Crippen molar-refractivity contribution in [3.05, 3.63) is 18.5 Å². The van der Waals surface area contributed by atoms with Crippen molar-refractivity contribution in [1.82, 2.24) is 10.3 Å². The highest BCUT2D eigenvalue weighted by molar-refractivity contribution is 7.98. The maximum absolute atomic E-state index is 4.43. The lowest BCUT2D eigenvalue weighted by Crippen LogP contribution is -2.38. The molecule has 0 saturated heterocycles. The zero-order chi connectivity index (χ0) is 13.7. The Morgan fingerprint density at radius 1 is 1.32 bits per heavy atom. The van der Waals surface area contributed by atoms with E-state index in [2.05, 4.69) is 40.8 Å². The number of hydrogen-bond donors (Lipinski definition) is 2. The number of guanidine groups is 1. The van der Waals surface area contributed by atoms with Crippen LogP contribution < -0.4 is 10.6 Å². The van der Waals surface area contributed by atoms with E-state index in [1.165, 1.54) is 31.2 Å². The first-order valence-corrected chi connectivity index (χ1v) is 7.65. The molecule has 1 aromatic heterocycles. The minimum absolute atomic E-state index is 0.439. The molecule has 1 aromatic rings. The van der Waals surface area contributed by atoms with Crippen LogP contribution in [0.3, 0.4) is 0 Å². The summed E-state index contributed by atoms with van der Waals surface area (Å²) < 4.78 is 4.43. The van der Waals surface area contributed by atoms with Gasteiger partial charge in [-0.3, -0.25) is 4.98 Å². The molecule has 1 atom stereocenters. The fourth-order valence-corrected chi connectivity index (χ4v) is 2.61. The molecule has 1 aliphatic rings. The van der Waals surface area contributed by atoms with E-state index in [1.54, 1.807) is 6.20 Å². The lowest BCUT2D eigenvalue weighted by Gasteiger charge is -2.21. The molecule has 1 unspecified atom stereocenters. The maximum Gasteiger partial charge on any atom is 0.208 e. The number of fused-ring (bicyclic) bond motifs is 1. The molecule has 0 aromatic carbocycles. The number of nitrogens with zero attached hydrogens (tertiary/aromatic N) is 2. The minimum atomic E-state index is 0.439. The van der Waals surface area contributed by atoms with Gasteiger partial charge in [0.1, 0.15) is 0 Å². The van der Waals surface area contributed by atoms with Crippen LogP contribution in [0.1, 0.15) is 40.0 Å². The molecule has 0 bridgehead atoms. The van der Waals surface area contributed by atoms with Crippen molar-refractivity contribution in [3.8, 4) is 0 Å². The molecule has 19 heavy (non-hydrogen) atoms. The highest BCUT2D eigenvalue weighted by Crippen LogP contribution is 2.30. The Kier molecular flexibility index (Phi) is 5.07. The van der Waals surface area contributed by atoms with E-state index >= 15 is 0 Å². The maximum atomic E-state index is 4.43. The van der Waals surface area contributed by atoms with E-state index in [0.717, 1.165) is 22.5 Å². The summed E-state index contributed by atoms with van der Waals surface area (Å²) in [6.07, 6.45) is 7.34. The van der Waals surface area contributed by atoms with Gasteiger partial charge in [-0.25, -0.2) is 0 Å². The average Bonchev–Trinajstić information content (AvgIpc) is 2.38. The van der Waals surface area contributed by atoms with Gasteiger partial charge in [0.05, 0.1) is 10.6 Å². The van der Waals surface area contributed by atoms with Crippen molar-refractivity contribution >= 4 is 23.6 Å². The van der Waals surface area contributed by atoms with Gasteiger partial charge in [-0.2, -0.15) is 4.40 Å². The minimum Gasteiger partial charge on any atom is -0.353 e. The summed E-state index contributed by atoms with van der Waals surface area (Å²) in [5, 5.41) is 6.74. The Hall–Kier alpha value is -1.23. The van der Waals surface area contributed by atoms with Gasteiger partial charge in [0, 0.05) is 30.4 Å². The molecule has 0 spiro atoms. The van der Waals surface area contributed by atoms with Crippen molar-refractivity contribution in [2.45, 2.75) is 51.0 Å². The molecule has 0 fully saturated rings. The van der Waals surface area contributed by atoms with Gasteiger partial charge in [0.15, 0.2) is 0 Å². The van der Waals surface area contributed by atoms with Crippen LogP contribution in [0.15, 0.2) is 27.8 Å². The first kappa shape index (κ1) is 14.2. The van der Waals surface area contributed by atoms with Gasteiger partial charge in [-0.15, -0.1) is 0 Å². The van der Waals surface area contributed by atoms with Crippen LogP contribution >= 0.6 is 11.9 Å². The van der Waals surface area contributed by atoms with Crippen LogP contribution in [-0.4, -0.2) is 17.0 Å². The highest BCUT2D eigenvalue weighted by Gasteiger charge is 2.13. The standard InChI is InChI=1S/C14H22N4S/c1-10(2)5-4-6-11(3)16-14-17-12-7-8-15-9-13(12)19-18-14/h7-11H,4-6H2,1-3H3,(H2,16,17,18). The third kappa shape index (κ3) is 4.42. The Labute approximate surface area is 119 Å². The monoisotopic (exact) mass is 278 g/mol. The summed E-state index contributed by atoms with van der Waals surface area (Å²) in [5.74, 6) is 1.63. The summed E-state index contributed by atoms with van der Waals surface area (Å²) in [4.78, 5) is 5.16. The second-order valence-electron chi connectivity index (χ2n) is 5.40. The van der Waals surface area contributed by atoms with Crippen LogP contribution in [0.4, 0.5) is 5.69 Å². The molecule has 0 radical (unpaired) electrons. The molecule has 2 heterocycles. The first-order valence-electron chi connectivity index (χ1n) is 6.87. The molecule has 0 amide bonds. The van der Waals surface area contributed by atoms with Gasteiger partial charge < -0.3 is 10.6 Å². The molecule has 4 nitrogen and oxygen atoms in total. The van der Waals surface area contributed by atoms with Crippen LogP contribution in [0.5, 0.6) is 0 Å². The summed E-state index contributed by atoms with van der Waals surface area (Å²) in [6, 6.07) is 2.41. The third-order valence-corrected chi connectivity index (χ3v) is 3.87.